The Balaban J connectivity index is 1.52. The van der Waals surface area contributed by atoms with Crippen LogP contribution >= 0.6 is 0 Å². The molecule has 0 radical (unpaired) electrons. The van der Waals surface area contributed by atoms with Gasteiger partial charge in [-0.25, -0.2) is 0 Å². The quantitative estimate of drug-likeness (QED) is 0.880. The van der Waals surface area contributed by atoms with Crippen LogP contribution in [0.25, 0.3) is 0 Å². The Kier molecular flexibility index (Phi) is 5.97. The molecule has 5 heteroatoms. The number of morpholine rings is 1. The molecule has 0 bridgehead atoms. The molecule has 2 atom stereocenters. The Morgan fingerprint density at radius 3 is 2.32 bits per heavy atom. The summed E-state index contributed by atoms with van der Waals surface area (Å²) in [6.07, 6.45) is 4.87. The fourth-order valence-electron chi connectivity index (χ4n) is 3.91. The molecule has 0 aromatic heterocycles. The van der Waals surface area contributed by atoms with Gasteiger partial charge in [-0.1, -0.05) is 0 Å². The topological polar surface area (TPSA) is 67.6 Å². The molecule has 5 nitrogen and oxygen atoms in total. The number of nitrogens with one attached hydrogen (secondary N) is 1. The van der Waals surface area contributed by atoms with Gasteiger partial charge in [0.2, 0.25) is 0 Å². The monoisotopic (exact) mass is 345 g/mol. The van der Waals surface area contributed by atoms with E-state index in [0.717, 1.165) is 30.6 Å². The van der Waals surface area contributed by atoms with E-state index >= 15 is 0 Å². The highest BCUT2D eigenvalue weighted by Crippen LogP contribution is 2.24. The van der Waals surface area contributed by atoms with Gasteiger partial charge in [-0.3, -0.25) is 4.79 Å². The summed E-state index contributed by atoms with van der Waals surface area (Å²) in [6, 6.07) is 8.26. The second-order valence-corrected chi connectivity index (χ2v) is 7.71. The van der Waals surface area contributed by atoms with E-state index in [-0.39, 0.29) is 18.1 Å². The number of hydrogen-bond acceptors (Lipinski definition) is 4. The highest BCUT2D eigenvalue weighted by molar-refractivity contribution is 5.94. The van der Waals surface area contributed by atoms with Gasteiger partial charge in [-0.2, -0.15) is 0 Å². The highest BCUT2D eigenvalue weighted by atomic mass is 16.5. The standard InChI is InChI=1S/C20H31N3O2/c1-14-12-23(13-15(2)25-14)20(24)17-5-9-19(10-6-17)22-11-16-3-7-18(21)8-4-16/h5-6,9-10,14-16,18,22H,3-4,7-8,11-13,21H2,1-2H3. The lowest BCUT2D eigenvalue weighted by Gasteiger charge is -2.35. The van der Waals surface area contributed by atoms with Crippen LogP contribution in [0.15, 0.2) is 24.3 Å². The predicted octanol–water partition coefficient (Wildman–Crippen LogP) is 2.87. The molecule has 2 unspecified atom stereocenters. The number of nitrogens with two attached hydrogens (primary N) is 1. The smallest absolute Gasteiger partial charge is 0.254 e. The Bertz CT molecular complexity index is 557. The Morgan fingerprint density at radius 1 is 1.12 bits per heavy atom. The zero-order valence-electron chi connectivity index (χ0n) is 15.4. The maximum atomic E-state index is 12.7. The first-order chi connectivity index (χ1) is 12.0. The second kappa shape index (κ2) is 8.19. The lowest BCUT2D eigenvalue weighted by molar-refractivity contribution is -0.0586. The summed E-state index contributed by atoms with van der Waals surface area (Å²) in [7, 11) is 0. The van der Waals surface area contributed by atoms with Crippen molar-refractivity contribution in [3.63, 3.8) is 0 Å². The second-order valence-electron chi connectivity index (χ2n) is 7.71. The first kappa shape index (κ1) is 18.2. The average molecular weight is 345 g/mol. The zero-order valence-corrected chi connectivity index (χ0v) is 15.4. The zero-order chi connectivity index (χ0) is 17.8. The van der Waals surface area contributed by atoms with E-state index in [4.69, 9.17) is 10.5 Å². The van der Waals surface area contributed by atoms with Gasteiger partial charge in [-0.05, 0) is 69.7 Å². The summed E-state index contributed by atoms with van der Waals surface area (Å²) in [5.41, 5.74) is 7.79. The average Bonchev–Trinajstić information content (AvgIpc) is 2.60. The van der Waals surface area contributed by atoms with Crippen molar-refractivity contribution in [1.82, 2.24) is 4.90 Å². The molecule has 1 amide bonds. The fourth-order valence-corrected chi connectivity index (χ4v) is 3.91. The molecule has 2 aliphatic rings. The molecule has 25 heavy (non-hydrogen) atoms. The molecular weight excluding hydrogens is 314 g/mol. The number of anilines is 1. The van der Waals surface area contributed by atoms with Gasteiger partial charge in [0.25, 0.3) is 5.91 Å². The van der Waals surface area contributed by atoms with Gasteiger partial charge < -0.3 is 20.7 Å². The minimum absolute atomic E-state index is 0.0924. The number of rotatable bonds is 4. The Labute approximate surface area is 150 Å². The third-order valence-electron chi connectivity index (χ3n) is 5.32. The predicted molar refractivity (Wildman–Crippen MR) is 101 cm³/mol. The van der Waals surface area contributed by atoms with Gasteiger partial charge in [0.1, 0.15) is 0 Å². The van der Waals surface area contributed by atoms with Gasteiger partial charge in [0.05, 0.1) is 12.2 Å². The van der Waals surface area contributed by atoms with Crippen LogP contribution in [-0.4, -0.2) is 48.7 Å². The van der Waals surface area contributed by atoms with Crippen molar-refractivity contribution in [2.75, 3.05) is 25.0 Å². The molecule has 3 rings (SSSR count). The van der Waals surface area contributed by atoms with E-state index in [1.54, 1.807) is 0 Å². The normalized spacial score (nSPS) is 30.1. The van der Waals surface area contributed by atoms with Crippen LogP contribution in [-0.2, 0) is 4.74 Å². The molecule has 3 N–H and O–H groups in total. The summed E-state index contributed by atoms with van der Waals surface area (Å²) in [5.74, 6) is 0.798. The SMILES string of the molecule is CC1CN(C(=O)c2ccc(NCC3CCC(N)CC3)cc2)CC(C)O1. The number of carbonyl (C=O) groups excluding carboxylic acids is 1. The maximum absolute atomic E-state index is 12.7. The Hall–Kier alpha value is -1.59. The van der Waals surface area contributed by atoms with Gasteiger partial charge in [0.15, 0.2) is 0 Å². The minimum Gasteiger partial charge on any atom is -0.385 e. The number of hydrogen-bond donors (Lipinski definition) is 2. The largest absolute Gasteiger partial charge is 0.385 e. The maximum Gasteiger partial charge on any atom is 0.254 e. The molecule has 1 heterocycles. The fraction of sp³-hybridized carbons (Fsp3) is 0.650. The van der Waals surface area contributed by atoms with Crippen LogP contribution in [0.5, 0.6) is 0 Å². The summed E-state index contributed by atoms with van der Waals surface area (Å²) in [5, 5.41) is 3.50. The number of carbonyl (C=O) groups is 1. The van der Waals surface area contributed by atoms with E-state index in [9.17, 15) is 4.79 Å². The summed E-state index contributed by atoms with van der Waals surface area (Å²) >= 11 is 0. The summed E-state index contributed by atoms with van der Waals surface area (Å²) in [6.45, 7) is 6.33. The van der Waals surface area contributed by atoms with Crippen LogP contribution in [0.1, 0.15) is 49.9 Å². The molecule has 0 spiro atoms. The molecular formula is C20H31N3O2. The van der Waals surface area contributed by atoms with Gasteiger partial charge >= 0.3 is 0 Å². The summed E-state index contributed by atoms with van der Waals surface area (Å²) in [4.78, 5) is 14.6. The van der Waals surface area contributed by atoms with Crippen molar-refractivity contribution in [3.05, 3.63) is 29.8 Å². The van der Waals surface area contributed by atoms with Crippen molar-refractivity contribution >= 4 is 11.6 Å². The highest BCUT2D eigenvalue weighted by Gasteiger charge is 2.26. The lowest BCUT2D eigenvalue weighted by Crippen LogP contribution is -2.48. The molecule has 2 fully saturated rings. The van der Waals surface area contributed by atoms with Crippen molar-refractivity contribution in [2.24, 2.45) is 11.7 Å². The molecule has 1 aromatic carbocycles. The molecule has 1 saturated heterocycles. The number of amides is 1. The van der Waals surface area contributed by atoms with E-state index in [1.165, 1.54) is 12.8 Å². The minimum atomic E-state index is 0.0924. The molecule has 1 saturated carbocycles. The van der Waals surface area contributed by atoms with E-state index in [2.05, 4.69) is 5.32 Å². The van der Waals surface area contributed by atoms with Crippen molar-refractivity contribution in [2.45, 2.75) is 57.8 Å². The number of ether oxygens (including phenoxy) is 1. The van der Waals surface area contributed by atoms with Crippen molar-refractivity contribution < 1.29 is 9.53 Å². The molecule has 138 valence electrons. The number of nitrogens with zero attached hydrogens (tertiary/aromatic N) is 1. The van der Waals surface area contributed by atoms with E-state index < -0.39 is 0 Å². The number of benzene rings is 1. The lowest BCUT2D eigenvalue weighted by atomic mass is 9.86. The van der Waals surface area contributed by atoms with Crippen LogP contribution < -0.4 is 11.1 Å². The molecule has 1 aliphatic carbocycles. The van der Waals surface area contributed by atoms with Crippen LogP contribution in [0.3, 0.4) is 0 Å². The van der Waals surface area contributed by atoms with Crippen molar-refractivity contribution in [1.29, 1.82) is 0 Å². The molecule has 1 aliphatic heterocycles. The first-order valence-corrected chi connectivity index (χ1v) is 9.55. The van der Waals surface area contributed by atoms with E-state index in [0.29, 0.717) is 25.0 Å². The van der Waals surface area contributed by atoms with Gasteiger partial charge in [-0.15, -0.1) is 0 Å². The van der Waals surface area contributed by atoms with Crippen LogP contribution in [0.4, 0.5) is 5.69 Å². The summed E-state index contributed by atoms with van der Waals surface area (Å²) < 4.78 is 5.71. The van der Waals surface area contributed by atoms with Crippen LogP contribution in [0, 0.1) is 5.92 Å². The van der Waals surface area contributed by atoms with E-state index in [1.807, 2.05) is 43.0 Å². The Morgan fingerprint density at radius 2 is 1.72 bits per heavy atom. The first-order valence-electron chi connectivity index (χ1n) is 9.55. The van der Waals surface area contributed by atoms with Crippen molar-refractivity contribution in [3.8, 4) is 0 Å². The third kappa shape index (κ3) is 4.95. The van der Waals surface area contributed by atoms with Gasteiger partial charge in [0, 0.05) is 36.9 Å². The third-order valence-corrected chi connectivity index (χ3v) is 5.32. The molecule has 1 aromatic rings. The van der Waals surface area contributed by atoms with Crippen LogP contribution in [0.2, 0.25) is 0 Å².